The lowest BCUT2D eigenvalue weighted by molar-refractivity contribution is 0.254. The number of halogens is 1. The summed E-state index contributed by atoms with van der Waals surface area (Å²) < 4.78 is 1.72. The van der Waals surface area contributed by atoms with Crippen molar-refractivity contribution in [3.8, 4) is 0 Å². The van der Waals surface area contributed by atoms with Gasteiger partial charge in [-0.15, -0.1) is 0 Å². The highest BCUT2D eigenvalue weighted by molar-refractivity contribution is 9.10. The van der Waals surface area contributed by atoms with E-state index in [1.165, 1.54) is 30.4 Å². The van der Waals surface area contributed by atoms with E-state index in [1.54, 1.807) is 6.20 Å². The Morgan fingerprint density at radius 1 is 1.52 bits per heavy atom. The van der Waals surface area contributed by atoms with Gasteiger partial charge in [-0.3, -0.25) is 4.79 Å². The second-order valence-corrected chi connectivity index (χ2v) is 6.26. The molecular formula is C14H23BrN4O2. The lowest BCUT2D eigenvalue weighted by atomic mass is 10.2. The maximum atomic E-state index is 12.0. The molecule has 7 heteroatoms. The van der Waals surface area contributed by atoms with Crippen molar-refractivity contribution in [2.24, 2.45) is 0 Å². The lowest BCUT2D eigenvalue weighted by Gasteiger charge is -2.24. The molecule has 1 heterocycles. The molecule has 0 saturated heterocycles. The van der Waals surface area contributed by atoms with Crippen LogP contribution in [0.25, 0.3) is 0 Å². The van der Waals surface area contributed by atoms with Gasteiger partial charge < -0.3 is 15.3 Å². The molecule has 6 nitrogen and oxygen atoms in total. The third-order valence-electron chi connectivity index (χ3n) is 4.02. The first-order valence-corrected chi connectivity index (χ1v) is 8.23. The van der Waals surface area contributed by atoms with Gasteiger partial charge in [-0.25, -0.2) is 4.68 Å². The van der Waals surface area contributed by atoms with Crippen LogP contribution in [-0.2, 0) is 6.54 Å². The minimum absolute atomic E-state index is 0.0989. The molecule has 0 bridgehead atoms. The highest BCUT2D eigenvalue weighted by Gasteiger charge is 2.19. The molecule has 0 spiro atoms. The maximum Gasteiger partial charge on any atom is 0.283 e. The first-order valence-electron chi connectivity index (χ1n) is 7.44. The highest BCUT2D eigenvalue weighted by atomic mass is 79.9. The Bertz CT molecular complexity index is 514. The summed E-state index contributed by atoms with van der Waals surface area (Å²) in [5.74, 6) is 0. The van der Waals surface area contributed by atoms with Crippen LogP contribution in [0.1, 0.15) is 25.7 Å². The smallest absolute Gasteiger partial charge is 0.283 e. The van der Waals surface area contributed by atoms with Gasteiger partial charge in [0.25, 0.3) is 5.56 Å². The molecule has 0 aliphatic heterocycles. The number of nitrogens with one attached hydrogen (secondary N) is 1. The molecule has 0 atom stereocenters. The zero-order chi connectivity index (χ0) is 15.2. The molecular weight excluding hydrogens is 336 g/mol. The number of nitrogens with zero attached hydrogens (tertiary/aromatic N) is 3. The molecule has 118 valence electrons. The molecule has 21 heavy (non-hydrogen) atoms. The third-order valence-corrected chi connectivity index (χ3v) is 4.79. The first kappa shape index (κ1) is 16.5. The number of hydrogen-bond acceptors (Lipinski definition) is 5. The molecule has 1 aromatic heterocycles. The van der Waals surface area contributed by atoms with Crippen LogP contribution in [0.3, 0.4) is 0 Å². The van der Waals surface area contributed by atoms with Crippen LogP contribution in [-0.4, -0.2) is 52.6 Å². The molecule has 0 amide bonds. The number of aliphatic hydroxyl groups is 1. The van der Waals surface area contributed by atoms with E-state index >= 15 is 0 Å². The fourth-order valence-electron chi connectivity index (χ4n) is 2.74. The molecule has 2 N–H and O–H groups in total. The molecule has 1 fully saturated rings. The Kier molecular flexibility index (Phi) is 6.20. The molecule has 0 aromatic carbocycles. The van der Waals surface area contributed by atoms with Crippen LogP contribution < -0.4 is 10.9 Å². The predicted molar refractivity (Wildman–Crippen MR) is 86.7 cm³/mol. The number of hydrogen-bond donors (Lipinski definition) is 2. The second-order valence-electron chi connectivity index (χ2n) is 5.47. The monoisotopic (exact) mass is 358 g/mol. The quantitative estimate of drug-likeness (QED) is 0.768. The molecule has 2 rings (SSSR count). The van der Waals surface area contributed by atoms with Gasteiger partial charge in [-0.2, -0.15) is 5.10 Å². The summed E-state index contributed by atoms with van der Waals surface area (Å²) in [5, 5.41) is 16.2. The number of aliphatic hydroxyl groups excluding tert-OH is 1. The molecule has 1 aliphatic carbocycles. The van der Waals surface area contributed by atoms with Crippen LogP contribution in [0.5, 0.6) is 0 Å². The zero-order valence-corrected chi connectivity index (χ0v) is 14.0. The average molecular weight is 359 g/mol. The Morgan fingerprint density at radius 2 is 2.24 bits per heavy atom. The fourth-order valence-corrected chi connectivity index (χ4v) is 3.18. The Hall–Kier alpha value is -0.920. The van der Waals surface area contributed by atoms with Crippen molar-refractivity contribution in [3.05, 3.63) is 21.0 Å². The number of aromatic nitrogens is 2. The standard InChI is InChI=1S/C14H23BrN4O2/c1-18(11-4-2-3-5-11)7-6-16-12-10-17-19(8-9-20)14(21)13(12)15/h10-11,16,20H,2-9H2,1H3. The Balaban J connectivity index is 1.88. The SMILES string of the molecule is CN(CCNc1cnn(CCO)c(=O)c1Br)C1CCCC1. The van der Waals surface area contributed by atoms with E-state index in [4.69, 9.17) is 5.11 Å². The summed E-state index contributed by atoms with van der Waals surface area (Å²) in [6.07, 6.45) is 6.87. The summed E-state index contributed by atoms with van der Waals surface area (Å²) in [5.41, 5.74) is 0.479. The predicted octanol–water partition coefficient (Wildman–Crippen LogP) is 1.28. The van der Waals surface area contributed by atoms with Crippen molar-refractivity contribution >= 4 is 21.6 Å². The van der Waals surface area contributed by atoms with E-state index in [0.29, 0.717) is 16.2 Å². The average Bonchev–Trinajstić information content (AvgIpc) is 3.00. The Morgan fingerprint density at radius 3 is 2.90 bits per heavy atom. The minimum Gasteiger partial charge on any atom is -0.394 e. The molecule has 1 aromatic rings. The van der Waals surface area contributed by atoms with E-state index in [9.17, 15) is 4.79 Å². The summed E-state index contributed by atoms with van der Waals surface area (Å²) >= 11 is 3.30. The summed E-state index contributed by atoms with van der Waals surface area (Å²) in [6.45, 7) is 1.83. The number of anilines is 1. The van der Waals surface area contributed by atoms with E-state index in [-0.39, 0.29) is 18.7 Å². The largest absolute Gasteiger partial charge is 0.394 e. The molecule has 1 saturated carbocycles. The van der Waals surface area contributed by atoms with Crippen molar-refractivity contribution < 1.29 is 5.11 Å². The van der Waals surface area contributed by atoms with Gasteiger partial charge in [0.1, 0.15) is 4.47 Å². The van der Waals surface area contributed by atoms with Crippen molar-refractivity contribution in [1.29, 1.82) is 0 Å². The molecule has 0 radical (unpaired) electrons. The maximum absolute atomic E-state index is 12.0. The lowest BCUT2D eigenvalue weighted by Crippen LogP contribution is -2.33. The van der Waals surface area contributed by atoms with Gasteiger partial charge in [0, 0.05) is 19.1 Å². The fraction of sp³-hybridized carbons (Fsp3) is 0.714. The van der Waals surface area contributed by atoms with Crippen molar-refractivity contribution in [3.63, 3.8) is 0 Å². The highest BCUT2D eigenvalue weighted by Crippen LogP contribution is 2.22. The van der Waals surface area contributed by atoms with Gasteiger partial charge in [0.05, 0.1) is 25.0 Å². The summed E-state index contributed by atoms with van der Waals surface area (Å²) in [6, 6.07) is 0.700. The number of likely N-dealkylation sites (N-methyl/N-ethyl adjacent to an activating group) is 1. The van der Waals surface area contributed by atoms with Gasteiger partial charge in [0.2, 0.25) is 0 Å². The van der Waals surface area contributed by atoms with Crippen LogP contribution in [0.2, 0.25) is 0 Å². The van der Waals surface area contributed by atoms with Crippen molar-refractivity contribution in [1.82, 2.24) is 14.7 Å². The van der Waals surface area contributed by atoms with Gasteiger partial charge in [0.15, 0.2) is 0 Å². The summed E-state index contributed by atoms with van der Waals surface area (Å²) in [7, 11) is 2.16. The number of rotatable bonds is 7. The van der Waals surface area contributed by atoms with E-state index < -0.39 is 0 Å². The normalized spacial score (nSPS) is 15.8. The van der Waals surface area contributed by atoms with Crippen LogP contribution in [0.15, 0.2) is 15.5 Å². The second kappa shape index (κ2) is 7.91. The van der Waals surface area contributed by atoms with E-state index in [2.05, 4.69) is 38.3 Å². The minimum atomic E-state index is -0.224. The van der Waals surface area contributed by atoms with Gasteiger partial charge >= 0.3 is 0 Å². The van der Waals surface area contributed by atoms with Crippen LogP contribution in [0.4, 0.5) is 5.69 Å². The van der Waals surface area contributed by atoms with Crippen molar-refractivity contribution in [2.75, 3.05) is 32.1 Å². The third kappa shape index (κ3) is 4.28. The molecule has 1 aliphatic rings. The zero-order valence-electron chi connectivity index (χ0n) is 12.4. The van der Waals surface area contributed by atoms with Crippen LogP contribution >= 0.6 is 15.9 Å². The molecule has 0 unspecified atom stereocenters. The van der Waals surface area contributed by atoms with Gasteiger partial charge in [-0.05, 0) is 35.8 Å². The van der Waals surface area contributed by atoms with Crippen molar-refractivity contribution in [2.45, 2.75) is 38.3 Å². The summed E-state index contributed by atoms with van der Waals surface area (Å²) in [4.78, 5) is 14.4. The first-order chi connectivity index (χ1) is 10.1. The van der Waals surface area contributed by atoms with E-state index in [1.807, 2.05) is 0 Å². The Labute approximate surface area is 133 Å². The topological polar surface area (TPSA) is 70.4 Å². The van der Waals surface area contributed by atoms with Crippen LogP contribution in [0, 0.1) is 0 Å². The van der Waals surface area contributed by atoms with E-state index in [0.717, 1.165) is 13.1 Å². The van der Waals surface area contributed by atoms with Gasteiger partial charge in [-0.1, -0.05) is 12.8 Å².